The van der Waals surface area contributed by atoms with Crippen LogP contribution >= 0.6 is 7.82 Å². The molecular weight excluding hydrogens is 519 g/mol. The van der Waals surface area contributed by atoms with Gasteiger partial charge in [-0.15, -0.1) is 0 Å². The largest absolute Gasteiger partial charge is 0.530 e. The number of carbonyl (C=O) groups excluding carboxylic acids is 1. The van der Waals surface area contributed by atoms with Crippen LogP contribution in [0.25, 0.3) is 5.76 Å². The second kappa shape index (κ2) is 14.6. The van der Waals surface area contributed by atoms with E-state index in [2.05, 4.69) is 0 Å². The first-order chi connectivity index (χ1) is 19.5. The summed E-state index contributed by atoms with van der Waals surface area (Å²) in [7, 11) is -3.90. The molecule has 0 N–H and O–H groups in total. The van der Waals surface area contributed by atoms with Crippen molar-refractivity contribution in [1.82, 2.24) is 0 Å². The van der Waals surface area contributed by atoms with E-state index in [-0.39, 0.29) is 37.3 Å². The number of phosphoric acid groups is 1. The van der Waals surface area contributed by atoms with Crippen LogP contribution in [-0.4, -0.2) is 19.0 Å². The molecule has 5 nitrogen and oxygen atoms in total. The van der Waals surface area contributed by atoms with Gasteiger partial charge in [0.2, 0.25) is 0 Å². The number of carbonyl (C=O) groups is 1. The second-order valence-corrected chi connectivity index (χ2v) is 10.8. The van der Waals surface area contributed by atoms with Gasteiger partial charge in [0.15, 0.2) is 5.78 Å². The Morgan fingerprint density at radius 3 is 1.62 bits per heavy atom. The topological polar surface area (TPSA) is 61.8 Å². The Labute approximate surface area is 237 Å². The van der Waals surface area contributed by atoms with Crippen LogP contribution in [0.5, 0.6) is 0 Å². The minimum absolute atomic E-state index is 0.0419. The smallest absolute Gasteiger partial charge is 0.404 e. The third-order valence-corrected chi connectivity index (χ3v) is 8.09. The molecule has 206 valence electrons. The Bertz CT molecular complexity index is 1400. The van der Waals surface area contributed by atoms with Crippen LogP contribution in [0.15, 0.2) is 127 Å². The summed E-state index contributed by atoms with van der Waals surface area (Å²) in [5.41, 5.74) is 3.40. The van der Waals surface area contributed by atoms with E-state index in [0.29, 0.717) is 11.3 Å². The number of hydrogen-bond donors (Lipinski definition) is 0. The maximum absolute atomic E-state index is 13.6. The molecule has 40 heavy (non-hydrogen) atoms. The summed E-state index contributed by atoms with van der Waals surface area (Å²) in [4.78, 5) is 13.6. The average Bonchev–Trinajstić information content (AvgIpc) is 3.00. The molecule has 0 radical (unpaired) electrons. The number of hydrogen-bond acceptors (Lipinski definition) is 5. The molecule has 0 aliphatic heterocycles. The molecule has 0 saturated carbocycles. The number of allylic oxidation sites excluding steroid dienone is 1. The van der Waals surface area contributed by atoms with E-state index < -0.39 is 7.82 Å². The highest BCUT2D eigenvalue weighted by Gasteiger charge is 2.32. The quantitative estimate of drug-likeness (QED) is 0.0884. The molecule has 4 aromatic carbocycles. The van der Waals surface area contributed by atoms with Crippen molar-refractivity contribution < 1.29 is 22.9 Å². The summed E-state index contributed by atoms with van der Waals surface area (Å²) in [5.74, 6) is -0.131. The molecule has 0 spiro atoms. The van der Waals surface area contributed by atoms with E-state index in [1.54, 1.807) is 13.8 Å². The van der Waals surface area contributed by atoms with Crippen LogP contribution in [0.3, 0.4) is 0 Å². The first-order valence-corrected chi connectivity index (χ1v) is 15.0. The van der Waals surface area contributed by atoms with Crippen molar-refractivity contribution in [3.63, 3.8) is 0 Å². The highest BCUT2D eigenvalue weighted by molar-refractivity contribution is 7.48. The fraction of sp³-hybridized carbons (Fsp3) is 0.206. The summed E-state index contributed by atoms with van der Waals surface area (Å²) < 4.78 is 30.7. The zero-order valence-electron chi connectivity index (χ0n) is 22.9. The number of ketones is 1. The van der Waals surface area contributed by atoms with Gasteiger partial charge in [-0.3, -0.25) is 13.8 Å². The van der Waals surface area contributed by atoms with Gasteiger partial charge in [-0.1, -0.05) is 121 Å². The normalized spacial score (nSPS) is 13.4. The van der Waals surface area contributed by atoms with Gasteiger partial charge < -0.3 is 4.52 Å². The summed E-state index contributed by atoms with van der Waals surface area (Å²) in [6.07, 6.45) is 2.21. The molecule has 0 unspecified atom stereocenters. The minimum Gasteiger partial charge on any atom is -0.404 e. The molecule has 0 fully saturated rings. The van der Waals surface area contributed by atoms with Crippen LogP contribution in [0.4, 0.5) is 0 Å². The van der Waals surface area contributed by atoms with E-state index in [1.165, 1.54) is 0 Å². The SMILES string of the molecule is CCOP(=O)(OCC)O/C(=C\[C@H](c1ccccc1)[C@H](CC(=O)c1ccccc1)c1ccccc1)c1ccccc1. The Hall–Kier alpha value is -3.76. The molecular formula is C34H35O5P. The average molecular weight is 555 g/mol. The zero-order chi connectivity index (χ0) is 28.2. The van der Waals surface area contributed by atoms with Gasteiger partial charge in [0.05, 0.1) is 13.2 Å². The van der Waals surface area contributed by atoms with Crippen LogP contribution in [0.1, 0.15) is 59.2 Å². The number of phosphoric ester groups is 1. The van der Waals surface area contributed by atoms with Crippen molar-refractivity contribution in [3.05, 3.63) is 150 Å². The molecule has 4 aromatic rings. The van der Waals surface area contributed by atoms with Crippen LogP contribution in [0, 0.1) is 0 Å². The second-order valence-electron chi connectivity index (χ2n) is 9.22. The first kappa shape index (κ1) is 29.2. The van der Waals surface area contributed by atoms with Crippen molar-refractivity contribution in [3.8, 4) is 0 Å². The lowest BCUT2D eigenvalue weighted by Crippen LogP contribution is -2.16. The summed E-state index contributed by atoms with van der Waals surface area (Å²) in [6, 6.07) is 38.8. The minimum atomic E-state index is -3.90. The summed E-state index contributed by atoms with van der Waals surface area (Å²) in [6.45, 7) is 3.82. The molecule has 0 saturated heterocycles. The standard InChI is InChI=1S/C34H35O5P/c1-3-37-40(36,38-4-2)39-34(30-23-15-8-16-24-30)26-32(28-19-11-6-12-20-28)31(27-17-9-5-10-18-27)25-33(35)29-21-13-7-14-22-29/h5-24,26,31-32H,3-4,25H2,1-2H3/b34-26-/t31-,32-/m1/s1. The van der Waals surface area contributed by atoms with Crippen molar-refractivity contribution in [2.45, 2.75) is 32.1 Å². The van der Waals surface area contributed by atoms with Gasteiger partial charge in [0.25, 0.3) is 0 Å². The molecule has 6 heteroatoms. The first-order valence-electron chi connectivity index (χ1n) is 13.6. The molecule has 2 atom stereocenters. The fourth-order valence-corrected chi connectivity index (χ4v) is 5.91. The van der Waals surface area contributed by atoms with Crippen molar-refractivity contribution in [2.75, 3.05) is 13.2 Å². The summed E-state index contributed by atoms with van der Waals surface area (Å²) in [5, 5.41) is 0. The van der Waals surface area contributed by atoms with Gasteiger partial charge in [-0.05, 0) is 31.1 Å². The molecule has 0 heterocycles. The van der Waals surface area contributed by atoms with Crippen LogP contribution in [0.2, 0.25) is 0 Å². The van der Waals surface area contributed by atoms with E-state index in [4.69, 9.17) is 13.6 Å². The van der Waals surface area contributed by atoms with Gasteiger partial charge in [-0.25, -0.2) is 4.57 Å². The number of benzene rings is 4. The maximum atomic E-state index is 13.6. The van der Waals surface area contributed by atoms with Crippen molar-refractivity contribution >= 4 is 19.4 Å². The lowest BCUT2D eigenvalue weighted by molar-refractivity contribution is 0.0971. The van der Waals surface area contributed by atoms with Crippen molar-refractivity contribution in [2.24, 2.45) is 0 Å². The monoisotopic (exact) mass is 554 g/mol. The highest BCUT2D eigenvalue weighted by atomic mass is 31.2. The third kappa shape index (κ3) is 7.89. The van der Waals surface area contributed by atoms with Crippen LogP contribution in [-0.2, 0) is 18.1 Å². The van der Waals surface area contributed by atoms with E-state index >= 15 is 0 Å². The molecule has 0 aliphatic carbocycles. The predicted octanol–water partition coefficient (Wildman–Crippen LogP) is 9.07. The summed E-state index contributed by atoms with van der Waals surface area (Å²) >= 11 is 0. The number of Topliss-reactive ketones (excluding diaryl/α,β-unsaturated/α-hetero) is 1. The maximum Gasteiger partial charge on any atom is 0.530 e. The van der Waals surface area contributed by atoms with Gasteiger partial charge >= 0.3 is 7.82 Å². The Kier molecular flexibility index (Phi) is 10.7. The lowest BCUT2D eigenvalue weighted by Gasteiger charge is -2.27. The van der Waals surface area contributed by atoms with E-state index in [9.17, 15) is 9.36 Å². The molecule has 0 aromatic heterocycles. The highest BCUT2D eigenvalue weighted by Crippen LogP contribution is 2.53. The zero-order valence-corrected chi connectivity index (χ0v) is 23.8. The number of rotatable bonds is 14. The van der Waals surface area contributed by atoms with Crippen LogP contribution < -0.4 is 0 Å². The molecule has 4 rings (SSSR count). The van der Waals surface area contributed by atoms with Gasteiger partial charge in [0.1, 0.15) is 5.76 Å². The lowest BCUT2D eigenvalue weighted by atomic mass is 9.77. The van der Waals surface area contributed by atoms with Gasteiger partial charge in [-0.2, -0.15) is 0 Å². The Balaban J connectivity index is 1.87. The third-order valence-electron chi connectivity index (χ3n) is 6.52. The molecule has 0 aliphatic rings. The van der Waals surface area contributed by atoms with Crippen molar-refractivity contribution in [1.29, 1.82) is 0 Å². The molecule has 0 bridgehead atoms. The Morgan fingerprint density at radius 2 is 1.12 bits per heavy atom. The molecule has 0 amide bonds. The fourth-order valence-electron chi connectivity index (χ4n) is 4.69. The van der Waals surface area contributed by atoms with E-state index in [1.807, 2.05) is 127 Å². The predicted molar refractivity (Wildman–Crippen MR) is 160 cm³/mol. The van der Waals surface area contributed by atoms with E-state index in [0.717, 1.165) is 16.7 Å². The Morgan fingerprint density at radius 1 is 0.675 bits per heavy atom. The van der Waals surface area contributed by atoms with Gasteiger partial charge in [0, 0.05) is 29.4 Å².